The molecule has 0 radical (unpaired) electrons. The van der Waals surface area contributed by atoms with E-state index in [9.17, 15) is 8.42 Å². The molecule has 2 aliphatic heterocycles. The summed E-state index contributed by atoms with van der Waals surface area (Å²) in [6.07, 6.45) is 5.89. The first-order valence-electron chi connectivity index (χ1n) is 8.63. The Labute approximate surface area is 157 Å². The molecule has 25 heavy (non-hydrogen) atoms. The molecule has 1 aromatic heterocycles. The summed E-state index contributed by atoms with van der Waals surface area (Å²) in [4.78, 5) is 2.47. The third kappa shape index (κ3) is 2.73. The van der Waals surface area contributed by atoms with Crippen LogP contribution in [0.1, 0.15) is 31.4 Å². The molecule has 1 spiro atoms. The zero-order valence-corrected chi connectivity index (χ0v) is 16.6. The first kappa shape index (κ1) is 17.1. The van der Waals surface area contributed by atoms with Crippen LogP contribution in [0, 0.1) is 0 Å². The lowest BCUT2D eigenvalue weighted by Crippen LogP contribution is -2.52. The zero-order chi connectivity index (χ0) is 17.7. The molecule has 1 fully saturated rings. The van der Waals surface area contributed by atoms with Crippen molar-refractivity contribution >= 4 is 31.6 Å². The molecule has 0 aliphatic carbocycles. The quantitative estimate of drug-likeness (QED) is 0.804. The fourth-order valence-electron chi connectivity index (χ4n) is 4.07. The SMILES string of the molecule is CN1CCC2(CCCCN2)c2c1ccn2S(=O)(=O)c1ccc(Br)cc1. The third-order valence-corrected chi connectivity index (χ3v) is 7.65. The van der Waals surface area contributed by atoms with Crippen molar-refractivity contribution in [2.45, 2.75) is 36.1 Å². The van der Waals surface area contributed by atoms with Gasteiger partial charge < -0.3 is 10.2 Å². The Balaban J connectivity index is 1.88. The number of anilines is 1. The number of hydrogen-bond donors (Lipinski definition) is 1. The number of nitrogens with one attached hydrogen (secondary N) is 1. The van der Waals surface area contributed by atoms with E-state index in [1.165, 1.54) is 3.97 Å². The maximum Gasteiger partial charge on any atom is 0.267 e. The van der Waals surface area contributed by atoms with E-state index < -0.39 is 10.0 Å². The number of halogens is 1. The van der Waals surface area contributed by atoms with Crippen LogP contribution in [0.3, 0.4) is 0 Å². The highest BCUT2D eigenvalue weighted by Gasteiger charge is 2.43. The van der Waals surface area contributed by atoms with Crippen LogP contribution < -0.4 is 10.2 Å². The number of rotatable bonds is 2. The molecule has 3 heterocycles. The molecule has 1 aromatic carbocycles. The fraction of sp³-hybridized carbons (Fsp3) is 0.444. The van der Waals surface area contributed by atoms with Gasteiger partial charge in [-0.2, -0.15) is 0 Å². The van der Waals surface area contributed by atoms with Crippen LogP contribution in [0.25, 0.3) is 0 Å². The van der Waals surface area contributed by atoms with Gasteiger partial charge in [0.2, 0.25) is 0 Å². The van der Waals surface area contributed by atoms with Gasteiger partial charge in [0.15, 0.2) is 0 Å². The van der Waals surface area contributed by atoms with E-state index in [1.807, 2.05) is 13.1 Å². The molecule has 1 atom stereocenters. The number of hydrogen-bond acceptors (Lipinski definition) is 4. The summed E-state index contributed by atoms with van der Waals surface area (Å²) in [6, 6.07) is 8.77. The minimum Gasteiger partial charge on any atom is -0.373 e. The Morgan fingerprint density at radius 1 is 1.12 bits per heavy atom. The first-order chi connectivity index (χ1) is 11.9. The van der Waals surface area contributed by atoms with Gasteiger partial charge in [0.25, 0.3) is 10.0 Å². The van der Waals surface area contributed by atoms with E-state index >= 15 is 0 Å². The molecule has 0 bridgehead atoms. The van der Waals surface area contributed by atoms with Gasteiger partial charge in [-0.15, -0.1) is 0 Å². The molecular weight excluding hydrogens is 402 g/mol. The van der Waals surface area contributed by atoms with Crippen molar-refractivity contribution in [1.82, 2.24) is 9.29 Å². The van der Waals surface area contributed by atoms with Crippen molar-refractivity contribution in [3.8, 4) is 0 Å². The van der Waals surface area contributed by atoms with Gasteiger partial charge in [0.05, 0.1) is 21.8 Å². The van der Waals surface area contributed by atoms with Crippen LogP contribution in [0.2, 0.25) is 0 Å². The third-order valence-electron chi connectivity index (χ3n) is 5.43. The van der Waals surface area contributed by atoms with Crippen molar-refractivity contribution in [2.75, 3.05) is 25.0 Å². The lowest BCUT2D eigenvalue weighted by atomic mass is 9.80. The van der Waals surface area contributed by atoms with Crippen molar-refractivity contribution < 1.29 is 8.42 Å². The van der Waals surface area contributed by atoms with Crippen molar-refractivity contribution in [2.24, 2.45) is 0 Å². The molecule has 1 saturated heterocycles. The maximum atomic E-state index is 13.3. The molecule has 1 unspecified atom stereocenters. The Morgan fingerprint density at radius 3 is 2.56 bits per heavy atom. The van der Waals surface area contributed by atoms with Gasteiger partial charge in [-0.05, 0) is 62.6 Å². The molecule has 0 amide bonds. The fourth-order valence-corrected chi connectivity index (χ4v) is 5.77. The summed E-state index contributed by atoms with van der Waals surface area (Å²) in [5.41, 5.74) is 1.66. The summed E-state index contributed by atoms with van der Waals surface area (Å²) in [5.74, 6) is 0. The van der Waals surface area contributed by atoms with E-state index in [0.29, 0.717) is 4.90 Å². The molecule has 2 aliphatic rings. The number of aromatic nitrogens is 1. The average molecular weight is 424 g/mol. The second kappa shape index (κ2) is 6.14. The average Bonchev–Trinajstić information content (AvgIpc) is 3.08. The summed E-state index contributed by atoms with van der Waals surface area (Å²) >= 11 is 3.37. The van der Waals surface area contributed by atoms with Gasteiger partial charge in [-0.3, -0.25) is 0 Å². The Morgan fingerprint density at radius 2 is 1.88 bits per heavy atom. The van der Waals surface area contributed by atoms with E-state index in [4.69, 9.17) is 0 Å². The second-order valence-electron chi connectivity index (χ2n) is 6.94. The summed E-state index contributed by atoms with van der Waals surface area (Å²) in [7, 11) is -1.59. The number of fused-ring (bicyclic) bond motifs is 2. The van der Waals surface area contributed by atoms with Gasteiger partial charge >= 0.3 is 0 Å². The normalized spacial score (nSPS) is 23.7. The van der Waals surface area contributed by atoms with Gasteiger partial charge in [0.1, 0.15) is 0 Å². The Hall–Kier alpha value is -1.31. The molecular formula is C18H22BrN3O2S. The van der Waals surface area contributed by atoms with Crippen LogP contribution in [-0.4, -0.2) is 32.5 Å². The summed E-state index contributed by atoms with van der Waals surface area (Å²) < 4.78 is 29.0. The van der Waals surface area contributed by atoms with Crippen LogP contribution in [0.4, 0.5) is 5.69 Å². The lowest BCUT2D eigenvalue weighted by molar-refractivity contribution is 0.227. The van der Waals surface area contributed by atoms with Crippen molar-refractivity contribution in [3.63, 3.8) is 0 Å². The molecule has 5 nitrogen and oxygen atoms in total. The van der Waals surface area contributed by atoms with Crippen LogP contribution in [-0.2, 0) is 15.6 Å². The first-order valence-corrected chi connectivity index (χ1v) is 10.9. The summed E-state index contributed by atoms with van der Waals surface area (Å²) in [6.45, 7) is 1.87. The smallest absolute Gasteiger partial charge is 0.267 e. The minimum atomic E-state index is -3.62. The van der Waals surface area contributed by atoms with E-state index in [1.54, 1.807) is 30.5 Å². The number of piperidine rings is 1. The molecule has 2 aromatic rings. The topological polar surface area (TPSA) is 54.3 Å². The highest BCUT2D eigenvalue weighted by Crippen LogP contribution is 2.44. The lowest BCUT2D eigenvalue weighted by Gasteiger charge is -2.45. The monoisotopic (exact) mass is 423 g/mol. The Bertz CT molecular complexity index is 884. The summed E-state index contributed by atoms with van der Waals surface area (Å²) in [5, 5.41) is 3.65. The van der Waals surface area contributed by atoms with Crippen molar-refractivity contribution in [1.29, 1.82) is 0 Å². The van der Waals surface area contributed by atoms with Gasteiger partial charge in [0, 0.05) is 24.3 Å². The molecule has 4 rings (SSSR count). The molecule has 1 N–H and O–H groups in total. The van der Waals surface area contributed by atoms with Crippen LogP contribution in [0.15, 0.2) is 45.9 Å². The molecule has 7 heteroatoms. The second-order valence-corrected chi connectivity index (χ2v) is 9.67. The van der Waals surface area contributed by atoms with Crippen LogP contribution >= 0.6 is 15.9 Å². The largest absolute Gasteiger partial charge is 0.373 e. The number of nitrogens with zero attached hydrogens (tertiary/aromatic N) is 2. The van der Waals surface area contributed by atoms with Crippen LogP contribution in [0.5, 0.6) is 0 Å². The molecule has 0 saturated carbocycles. The predicted octanol–water partition coefficient (Wildman–Crippen LogP) is 3.30. The van der Waals surface area contributed by atoms with Gasteiger partial charge in [-0.1, -0.05) is 15.9 Å². The van der Waals surface area contributed by atoms with Gasteiger partial charge in [-0.25, -0.2) is 12.4 Å². The van der Waals surface area contributed by atoms with E-state index in [0.717, 1.165) is 54.6 Å². The number of benzene rings is 1. The zero-order valence-electron chi connectivity index (χ0n) is 14.2. The minimum absolute atomic E-state index is 0.244. The Kier molecular flexibility index (Phi) is 4.21. The standard InChI is InChI=1S/C18H22BrN3O2S/c1-21-13-10-18(9-2-3-11-20-18)17-16(21)8-12-22(17)25(23,24)15-6-4-14(19)5-7-15/h4-8,12,20H,2-3,9-11,13H2,1H3. The van der Waals surface area contributed by atoms with E-state index in [2.05, 4.69) is 26.1 Å². The predicted molar refractivity (Wildman–Crippen MR) is 103 cm³/mol. The van der Waals surface area contributed by atoms with E-state index in [-0.39, 0.29) is 5.54 Å². The molecule has 134 valence electrons. The highest BCUT2D eigenvalue weighted by molar-refractivity contribution is 9.10. The van der Waals surface area contributed by atoms with Crippen molar-refractivity contribution in [3.05, 3.63) is 46.7 Å². The maximum absolute atomic E-state index is 13.3. The highest BCUT2D eigenvalue weighted by atomic mass is 79.9.